The molecule has 1 rings (SSSR count). The zero-order chi connectivity index (χ0) is 15.1. The van der Waals surface area contributed by atoms with Gasteiger partial charge >= 0.3 is 0 Å². The van der Waals surface area contributed by atoms with Gasteiger partial charge in [0.15, 0.2) is 0 Å². The van der Waals surface area contributed by atoms with Crippen LogP contribution in [-0.2, 0) is 4.74 Å². The van der Waals surface area contributed by atoms with Crippen molar-refractivity contribution in [3.8, 4) is 6.07 Å². The number of nitrogens with zero attached hydrogens (tertiary/aromatic N) is 1. The van der Waals surface area contributed by atoms with Crippen molar-refractivity contribution in [2.75, 3.05) is 6.61 Å². The predicted molar refractivity (Wildman–Crippen MR) is 78.9 cm³/mol. The quantitative estimate of drug-likeness (QED) is 0.709. The van der Waals surface area contributed by atoms with Crippen LogP contribution >= 0.6 is 0 Å². The molecule has 0 aliphatic rings. The molecule has 110 valence electrons. The molecule has 1 aromatic carbocycles. The summed E-state index contributed by atoms with van der Waals surface area (Å²) in [6, 6.07) is 5.04. The molecular formula is C17H24FNO. The number of halogens is 1. The summed E-state index contributed by atoms with van der Waals surface area (Å²) in [5.41, 5.74) is 1.75. The van der Waals surface area contributed by atoms with E-state index in [9.17, 15) is 4.39 Å². The van der Waals surface area contributed by atoms with Crippen LogP contribution < -0.4 is 0 Å². The maximum Gasteiger partial charge on any atom is 0.141 e. The van der Waals surface area contributed by atoms with Crippen LogP contribution in [0.5, 0.6) is 0 Å². The van der Waals surface area contributed by atoms with Gasteiger partial charge in [-0.15, -0.1) is 0 Å². The van der Waals surface area contributed by atoms with Gasteiger partial charge < -0.3 is 4.74 Å². The molecule has 0 aliphatic carbocycles. The van der Waals surface area contributed by atoms with Crippen LogP contribution in [0.1, 0.15) is 62.8 Å². The summed E-state index contributed by atoms with van der Waals surface area (Å²) >= 11 is 0. The van der Waals surface area contributed by atoms with Crippen molar-refractivity contribution in [2.24, 2.45) is 5.92 Å². The van der Waals surface area contributed by atoms with E-state index in [1.165, 1.54) is 6.07 Å². The zero-order valence-corrected chi connectivity index (χ0v) is 12.9. The van der Waals surface area contributed by atoms with E-state index in [0.717, 1.165) is 24.8 Å². The topological polar surface area (TPSA) is 33.0 Å². The largest absolute Gasteiger partial charge is 0.374 e. The number of nitriles is 1. The Morgan fingerprint density at radius 2 is 2.00 bits per heavy atom. The van der Waals surface area contributed by atoms with Crippen LogP contribution in [-0.4, -0.2) is 6.61 Å². The fourth-order valence-corrected chi connectivity index (χ4v) is 2.22. The van der Waals surface area contributed by atoms with Crippen molar-refractivity contribution in [3.63, 3.8) is 0 Å². The Hall–Kier alpha value is -1.40. The molecule has 0 saturated carbocycles. The fourth-order valence-electron chi connectivity index (χ4n) is 2.22. The average molecular weight is 277 g/mol. The van der Waals surface area contributed by atoms with Crippen molar-refractivity contribution >= 4 is 0 Å². The third kappa shape index (κ3) is 4.05. The second-order valence-corrected chi connectivity index (χ2v) is 5.32. The van der Waals surface area contributed by atoms with Crippen LogP contribution in [0.2, 0.25) is 0 Å². The molecule has 0 saturated heterocycles. The summed E-state index contributed by atoms with van der Waals surface area (Å²) in [7, 11) is 0. The van der Waals surface area contributed by atoms with E-state index in [2.05, 4.69) is 13.8 Å². The van der Waals surface area contributed by atoms with Gasteiger partial charge in [0.2, 0.25) is 0 Å². The monoisotopic (exact) mass is 277 g/mol. The molecule has 0 bridgehead atoms. The minimum absolute atomic E-state index is 0.0632. The number of hydrogen-bond acceptors (Lipinski definition) is 2. The van der Waals surface area contributed by atoms with Gasteiger partial charge in [0.25, 0.3) is 0 Å². The Morgan fingerprint density at radius 1 is 1.30 bits per heavy atom. The Bertz CT molecular complexity index is 479. The Morgan fingerprint density at radius 3 is 2.55 bits per heavy atom. The molecule has 2 nitrogen and oxygen atoms in total. The summed E-state index contributed by atoms with van der Waals surface area (Å²) in [5, 5.41) is 9.03. The first kappa shape index (κ1) is 16.7. The van der Waals surface area contributed by atoms with Gasteiger partial charge in [-0.05, 0) is 42.9 Å². The van der Waals surface area contributed by atoms with Crippen LogP contribution in [0.4, 0.5) is 4.39 Å². The average Bonchev–Trinajstić information content (AvgIpc) is 2.45. The van der Waals surface area contributed by atoms with Crippen molar-refractivity contribution < 1.29 is 9.13 Å². The highest BCUT2D eigenvalue weighted by Crippen LogP contribution is 2.28. The van der Waals surface area contributed by atoms with Gasteiger partial charge in [0.05, 0.1) is 11.7 Å². The molecule has 20 heavy (non-hydrogen) atoms. The molecule has 2 atom stereocenters. The SMILES string of the molecule is CC[C@H](C)CCO[C@@H](CC)c1ccc(F)c(C#N)c1C. The van der Waals surface area contributed by atoms with Crippen molar-refractivity contribution in [3.05, 3.63) is 34.6 Å². The normalized spacial score (nSPS) is 13.8. The van der Waals surface area contributed by atoms with Gasteiger partial charge in [-0.2, -0.15) is 5.26 Å². The second-order valence-electron chi connectivity index (χ2n) is 5.32. The summed E-state index contributed by atoms with van der Waals surface area (Å²) in [4.78, 5) is 0. The van der Waals surface area contributed by atoms with Crippen LogP contribution in [0, 0.1) is 30.0 Å². The first-order valence-electron chi connectivity index (χ1n) is 7.35. The highest BCUT2D eigenvalue weighted by molar-refractivity contribution is 5.44. The molecule has 1 aromatic rings. The molecule has 0 unspecified atom stereocenters. The minimum Gasteiger partial charge on any atom is -0.374 e. The van der Waals surface area contributed by atoms with E-state index < -0.39 is 5.82 Å². The molecule has 0 aromatic heterocycles. The van der Waals surface area contributed by atoms with Crippen molar-refractivity contribution in [2.45, 2.75) is 53.1 Å². The summed E-state index contributed by atoms with van der Waals surface area (Å²) in [5.74, 6) is 0.194. The fraction of sp³-hybridized carbons (Fsp3) is 0.588. The van der Waals surface area contributed by atoms with Gasteiger partial charge in [-0.25, -0.2) is 4.39 Å². The molecule has 0 spiro atoms. The zero-order valence-electron chi connectivity index (χ0n) is 12.9. The van der Waals surface area contributed by atoms with Gasteiger partial charge in [-0.3, -0.25) is 0 Å². The van der Waals surface area contributed by atoms with Gasteiger partial charge in [0, 0.05) is 6.61 Å². The van der Waals surface area contributed by atoms with E-state index in [1.807, 2.05) is 13.0 Å². The molecule has 0 heterocycles. The van der Waals surface area contributed by atoms with Crippen LogP contribution in [0.3, 0.4) is 0 Å². The van der Waals surface area contributed by atoms with E-state index in [-0.39, 0.29) is 11.7 Å². The molecule has 0 fully saturated rings. The van der Waals surface area contributed by atoms with E-state index in [1.54, 1.807) is 13.0 Å². The number of benzene rings is 1. The molecule has 0 radical (unpaired) electrons. The third-order valence-electron chi connectivity index (χ3n) is 3.91. The van der Waals surface area contributed by atoms with E-state index in [0.29, 0.717) is 18.1 Å². The number of hydrogen-bond donors (Lipinski definition) is 0. The standard InChI is InChI=1S/C17H24FNO/c1-5-12(3)9-10-20-17(6-2)14-7-8-16(18)15(11-19)13(14)4/h7-8,12,17H,5-6,9-10H2,1-4H3/t12-,17-/m0/s1. The maximum atomic E-state index is 13.5. The lowest BCUT2D eigenvalue weighted by molar-refractivity contribution is 0.0416. The minimum atomic E-state index is -0.455. The van der Waals surface area contributed by atoms with Crippen LogP contribution in [0.15, 0.2) is 12.1 Å². The summed E-state index contributed by atoms with van der Waals surface area (Å²) in [6.45, 7) is 8.92. The number of ether oxygens (including phenoxy) is 1. The Balaban J connectivity index is 2.83. The summed E-state index contributed by atoms with van der Waals surface area (Å²) < 4.78 is 19.5. The lowest BCUT2D eigenvalue weighted by Gasteiger charge is -2.20. The first-order valence-corrected chi connectivity index (χ1v) is 7.35. The van der Waals surface area contributed by atoms with E-state index >= 15 is 0 Å². The molecule has 3 heteroatoms. The molecule has 0 aliphatic heterocycles. The first-order chi connectivity index (χ1) is 9.54. The summed E-state index contributed by atoms with van der Waals surface area (Å²) in [6.07, 6.45) is 2.93. The van der Waals surface area contributed by atoms with Gasteiger partial charge in [-0.1, -0.05) is 33.3 Å². The molecule has 0 amide bonds. The number of rotatable bonds is 7. The molecular weight excluding hydrogens is 253 g/mol. The van der Waals surface area contributed by atoms with Crippen molar-refractivity contribution in [1.82, 2.24) is 0 Å². The Labute approximate surface area is 121 Å². The lowest BCUT2D eigenvalue weighted by atomic mass is 9.97. The highest BCUT2D eigenvalue weighted by Gasteiger charge is 2.17. The lowest BCUT2D eigenvalue weighted by Crippen LogP contribution is -2.10. The van der Waals surface area contributed by atoms with Crippen molar-refractivity contribution in [1.29, 1.82) is 5.26 Å². The van der Waals surface area contributed by atoms with Crippen LogP contribution in [0.25, 0.3) is 0 Å². The third-order valence-corrected chi connectivity index (χ3v) is 3.91. The molecule has 0 N–H and O–H groups in total. The Kier molecular flexibility index (Phi) is 6.67. The van der Waals surface area contributed by atoms with Gasteiger partial charge in [0.1, 0.15) is 11.9 Å². The smallest absolute Gasteiger partial charge is 0.141 e. The predicted octanol–water partition coefficient (Wildman–Crippen LogP) is 4.91. The highest BCUT2D eigenvalue weighted by atomic mass is 19.1. The van der Waals surface area contributed by atoms with E-state index in [4.69, 9.17) is 10.00 Å². The second kappa shape index (κ2) is 8.01. The maximum absolute atomic E-state index is 13.5.